The molecule has 1 rings (SSSR count). The number of carbonyl (C=O) groups is 1. The zero-order valence-corrected chi connectivity index (χ0v) is 9.03. The van der Waals surface area contributed by atoms with Crippen LogP contribution in [0.3, 0.4) is 0 Å². The largest absolute Gasteiger partial charge is 0.466 e. The number of hydrogen-bond donors (Lipinski definition) is 0. The van der Waals surface area contributed by atoms with Gasteiger partial charge >= 0.3 is 5.97 Å². The van der Waals surface area contributed by atoms with Crippen LogP contribution >= 0.6 is 0 Å². The van der Waals surface area contributed by atoms with Crippen LogP contribution < -0.4 is 0 Å². The highest BCUT2D eigenvalue weighted by Crippen LogP contribution is 2.25. The minimum atomic E-state index is -0.289. The molecule has 0 atom stereocenters. The normalized spacial score (nSPS) is 17.6. The molecule has 0 spiro atoms. The van der Waals surface area contributed by atoms with E-state index in [1.165, 1.54) is 38.9 Å². The summed E-state index contributed by atoms with van der Waals surface area (Å²) in [6.45, 7) is 1.05. The van der Waals surface area contributed by atoms with E-state index in [-0.39, 0.29) is 5.97 Å². The fourth-order valence-corrected chi connectivity index (χ4v) is 1.92. The Kier molecular flexibility index (Phi) is 4.50. The lowest BCUT2D eigenvalue weighted by molar-refractivity contribution is -0.134. The van der Waals surface area contributed by atoms with Crippen molar-refractivity contribution >= 4 is 5.97 Å². The van der Waals surface area contributed by atoms with Crippen LogP contribution in [0, 0.1) is 5.92 Å². The molecule has 0 N–H and O–H groups in total. The van der Waals surface area contributed by atoms with E-state index in [0.29, 0.717) is 0 Å². The van der Waals surface area contributed by atoms with E-state index in [1.54, 1.807) is 6.20 Å². The SMILES string of the molecule is COC(=O)C=CN(C)CC1CCCC1. The Labute approximate surface area is 85.7 Å². The van der Waals surface area contributed by atoms with Crippen LogP contribution in [-0.4, -0.2) is 31.6 Å². The summed E-state index contributed by atoms with van der Waals surface area (Å²) >= 11 is 0. The number of esters is 1. The van der Waals surface area contributed by atoms with Gasteiger partial charge in [0, 0.05) is 25.9 Å². The molecule has 80 valence electrons. The lowest BCUT2D eigenvalue weighted by Gasteiger charge is -2.18. The maximum atomic E-state index is 10.8. The van der Waals surface area contributed by atoms with Gasteiger partial charge in [-0.25, -0.2) is 4.79 Å². The van der Waals surface area contributed by atoms with Crippen molar-refractivity contribution in [3.63, 3.8) is 0 Å². The predicted molar refractivity (Wildman–Crippen MR) is 55.7 cm³/mol. The molecular formula is C11H19NO2. The second-order valence-corrected chi connectivity index (χ2v) is 3.93. The molecule has 1 saturated carbocycles. The molecule has 1 aliphatic rings. The summed E-state index contributed by atoms with van der Waals surface area (Å²) in [5.74, 6) is 0.519. The summed E-state index contributed by atoms with van der Waals surface area (Å²) in [5, 5.41) is 0. The Bertz CT molecular complexity index is 207. The Balaban J connectivity index is 2.23. The second-order valence-electron chi connectivity index (χ2n) is 3.93. The molecule has 0 bridgehead atoms. The summed E-state index contributed by atoms with van der Waals surface area (Å²) in [6, 6.07) is 0. The standard InChI is InChI=1S/C11H19NO2/c1-12(8-7-11(13)14-2)9-10-5-3-4-6-10/h7-8,10H,3-6,9H2,1-2H3. The minimum absolute atomic E-state index is 0.289. The van der Waals surface area contributed by atoms with Crippen LogP contribution in [0.2, 0.25) is 0 Å². The van der Waals surface area contributed by atoms with Gasteiger partial charge in [0.15, 0.2) is 0 Å². The third-order valence-electron chi connectivity index (χ3n) is 2.69. The molecular weight excluding hydrogens is 178 g/mol. The van der Waals surface area contributed by atoms with Gasteiger partial charge in [0.25, 0.3) is 0 Å². The molecule has 0 aromatic rings. The summed E-state index contributed by atoms with van der Waals surface area (Å²) in [5.41, 5.74) is 0. The summed E-state index contributed by atoms with van der Waals surface area (Å²) in [4.78, 5) is 12.9. The number of carbonyl (C=O) groups excluding carboxylic acids is 1. The van der Waals surface area contributed by atoms with Crippen molar-refractivity contribution < 1.29 is 9.53 Å². The summed E-state index contributed by atoms with van der Waals surface area (Å²) < 4.78 is 4.52. The fourth-order valence-electron chi connectivity index (χ4n) is 1.92. The van der Waals surface area contributed by atoms with E-state index in [0.717, 1.165) is 12.5 Å². The van der Waals surface area contributed by atoms with E-state index in [2.05, 4.69) is 9.64 Å². The van der Waals surface area contributed by atoms with E-state index < -0.39 is 0 Å². The minimum Gasteiger partial charge on any atom is -0.466 e. The lowest BCUT2D eigenvalue weighted by Crippen LogP contribution is -2.19. The number of hydrogen-bond acceptors (Lipinski definition) is 3. The van der Waals surface area contributed by atoms with Gasteiger partial charge in [-0.15, -0.1) is 0 Å². The Hall–Kier alpha value is -0.990. The van der Waals surface area contributed by atoms with Crippen molar-refractivity contribution in [2.24, 2.45) is 5.92 Å². The number of methoxy groups -OCH3 is 1. The maximum absolute atomic E-state index is 10.8. The summed E-state index contributed by atoms with van der Waals surface area (Å²) in [7, 11) is 3.39. The van der Waals surface area contributed by atoms with Gasteiger partial charge < -0.3 is 9.64 Å². The molecule has 1 fully saturated rings. The third kappa shape index (κ3) is 3.81. The van der Waals surface area contributed by atoms with Crippen LogP contribution in [0.4, 0.5) is 0 Å². The zero-order valence-electron chi connectivity index (χ0n) is 9.03. The summed E-state index contributed by atoms with van der Waals surface area (Å²) in [6.07, 6.45) is 8.64. The monoisotopic (exact) mass is 197 g/mol. The van der Waals surface area contributed by atoms with Crippen molar-refractivity contribution in [1.82, 2.24) is 4.90 Å². The molecule has 0 amide bonds. The van der Waals surface area contributed by atoms with Gasteiger partial charge in [0.05, 0.1) is 7.11 Å². The Morgan fingerprint density at radius 3 is 2.71 bits per heavy atom. The molecule has 0 heterocycles. The Morgan fingerprint density at radius 1 is 1.50 bits per heavy atom. The predicted octanol–water partition coefficient (Wildman–Crippen LogP) is 1.80. The first-order valence-corrected chi connectivity index (χ1v) is 5.18. The van der Waals surface area contributed by atoms with Crippen molar-refractivity contribution in [2.75, 3.05) is 20.7 Å². The molecule has 0 unspecified atom stereocenters. The molecule has 0 aliphatic heterocycles. The smallest absolute Gasteiger partial charge is 0.331 e. The van der Waals surface area contributed by atoms with Crippen LogP contribution in [0.5, 0.6) is 0 Å². The van der Waals surface area contributed by atoms with Crippen molar-refractivity contribution in [1.29, 1.82) is 0 Å². The van der Waals surface area contributed by atoms with Crippen molar-refractivity contribution in [3.8, 4) is 0 Å². The van der Waals surface area contributed by atoms with Gasteiger partial charge in [-0.1, -0.05) is 12.8 Å². The lowest BCUT2D eigenvalue weighted by atomic mass is 10.1. The first-order valence-electron chi connectivity index (χ1n) is 5.18. The van der Waals surface area contributed by atoms with E-state index in [1.807, 2.05) is 7.05 Å². The van der Waals surface area contributed by atoms with Crippen LogP contribution in [0.25, 0.3) is 0 Å². The van der Waals surface area contributed by atoms with Crippen LogP contribution in [0.1, 0.15) is 25.7 Å². The average Bonchev–Trinajstić information content (AvgIpc) is 2.66. The first-order chi connectivity index (χ1) is 6.72. The van der Waals surface area contributed by atoms with Crippen molar-refractivity contribution in [2.45, 2.75) is 25.7 Å². The van der Waals surface area contributed by atoms with Crippen LogP contribution in [0.15, 0.2) is 12.3 Å². The highest BCUT2D eigenvalue weighted by atomic mass is 16.5. The van der Waals surface area contributed by atoms with Gasteiger partial charge in [0.2, 0.25) is 0 Å². The highest BCUT2D eigenvalue weighted by Gasteiger charge is 2.15. The van der Waals surface area contributed by atoms with Crippen LogP contribution in [-0.2, 0) is 9.53 Å². The molecule has 3 nitrogen and oxygen atoms in total. The molecule has 1 aliphatic carbocycles. The van der Waals surface area contributed by atoms with E-state index in [9.17, 15) is 4.79 Å². The molecule has 0 aromatic heterocycles. The number of rotatable bonds is 4. The fraction of sp³-hybridized carbons (Fsp3) is 0.727. The highest BCUT2D eigenvalue weighted by molar-refractivity contribution is 5.81. The third-order valence-corrected chi connectivity index (χ3v) is 2.69. The van der Waals surface area contributed by atoms with E-state index in [4.69, 9.17) is 0 Å². The zero-order chi connectivity index (χ0) is 10.4. The Morgan fingerprint density at radius 2 is 2.14 bits per heavy atom. The maximum Gasteiger partial charge on any atom is 0.331 e. The van der Waals surface area contributed by atoms with Gasteiger partial charge in [-0.05, 0) is 18.8 Å². The molecule has 0 aromatic carbocycles. The van der Waals surface area contributed by atoms with E-state index >= 15 is 0 Å². The first kappa shape index (κ1) is 11.1. The molecule has 3 heteroatoms. The van der Waals surface area contributed by atoms with Gasteiger partial charge in [-0.3, -0.25) is 0 Å². The van der Waals surface area contributed by atoms with Gasteiger partial charge in [0.1, 0.15) is 0 Å². The average molecular weight is 197 g/mol. The quantitative estimate of drug-likeness (QED) is 0.508. The molecule has 0 saturated heterocycles. The topological polar surface area (TPSA) is 29.5 Å². The van der Waals surface area contributed by atoms with Crippen molar-refractivity contribution in [3.05, 3.63) is 12.3 Å². The second kappa shape index (κ2) is 5.68. The molecule has 0 radical (unpaired) electrons. The number of nitrogens with zero attached hydrogens (tertiary/aromatic N) is 1. The molecule has 14 heavy (non-hydrogen) atoms. The van der Waals surface area contributed by atoms with Gasteiger partial charge in [-0.2, -0.15) is 0 Å². The number of ether oxygens (including phenoxy) is 1.